The first kappa shape index (κ1) is 6.29. The van der Waals surface area contributed by atoms with Crippen molar-refractivity contribution in [3.05, 3.63) is 12.2 Å². The number of allylic oxidation sites excluding steroid dienone is 1. The first-order valence-corrected chi connectivity index (χ1v) is 2.85. The van der Waals surface area contributed by atoms with Gasteiger partial charge in [0.05, 0.1) is 0 Å². The van der Waals surface area contributed by atoms with Gasteiger partial charge in [-0.1, -0.05) is 12.2 Å². The second-order valence-corrected chi connectivity index (χ2v) is 2.29. The van der Waals surface area contributed by atoms with Gasteiger partial charge in [-0.25, -0.2) is 4.79 Å². The van der Waals surface area contributed by atoms with Crippen molar-refractivity contribution in [2.45, 2.75) is 18.4 Å². The van der Waals surface area contributed by atoms with E-state index < -0.39 is 11.5 Å². The molecule has 0 bridgehead atoms. The smallest absolute Gasteiger partial charge is 0.327 e. The highest BCUT2D eigenvalue weighted by Gasteiger charge is 2.32. The van der Waals surface area contributed by atoms with E-state index in [1.807, 2.05) is 0 Å². The summed E-state index contributed by atoms with van der Waals surface area (Å²) >= 11 is 0. The van der Waals surface area contributed by atoms with Gasteiger partial charge in [0.25, 0.3) is 0 Å². The molecular weight excluding hydrogens is 118 g/mol. The highest BCUT2D eigenvalue weighted by Crippen LogP contribution is 2.19. The number of aliphatic carboxylic acids is 1. The van der Waals surface area contributed by atoms with E-state index in [1.54, 1.807) is 12.2 Å². The van der Waals surface area contributed by atoms with Crippen molar-refractivity contribution in [2.75, 3.05) is 0 Å². The molecule has 0 aromatic heterocycles. The molecule has 0 saturated heterocycles. The van der Waals surface area contributed by atoms with Gasteiger partial charge in [-0.05, 0) is 12.8 Å². The van der Waals surface area contributed by atoms with Gasteiger partial charge in [0.1, 0.15) is 5.54 Å². The summed E-state index contributed by atoms with van der Waals surface area (Å²) in [6.07, 6.45) is 4.66. The van der Waals surface area contributed by atoms with Crippen LogP contribution in [0.15, 0.2) is 12.2 Å². The molecule has 1 rings (SSSR count). The average molecular weight is 127 g/mol. The summed E-state index contributed by atoms with van der Waals surface area (Å²) in [6, 6.07) is 0. The fourth-order valence-corrected chi connectivity index (χ4v) is 0.877. The van der Waals surface area contributed by atoms with Crippen LogP contribution in [0.5, 0.6) is 0 Å². The zero-order valence-electron chi connectivity index (χ0n) is 5.00. The van der Waals surface area contributed by atoms with Crippen LogP contribution < -0.4 is 5.73 Å². The van der Waals surface area contributed by atoms with E-state index in [4.69, 9.17) is 10.8 Å². The van der Waals surface area contributed by atoms with Crippen molar-refractivity contribution < 1.29 is 9.90 Å². The molecule has 0 spiro atoms. The Morgan fingerprint density at radius 3 is 2.67 bits per heavy atom. The van der Waals surface area contributed by atoms with Gasteiger partial charge in [-0.15, -0.1) is 0 Å². The molecule has 1 aliphatic rings. The lowest BCUT2D eigenvalue weighted by Crippen LogP contribution is -2.43. The third-order valence-electron chi connectivity index (χ3n) is 1.54. The molecule has 0 aliphatic heterocycles. The number of nitrogens with two attached hydrogens (primary N) is 1. The van der Waals surface area contributed by atoms with Gasteiger partial charge in [-0.3, -0.25) is 0 Å². The molecule has 0 radical (unpaired) electrons. The lowest BCUT2D eigenvalue weighted by molar-refractivity contribution is -0.141. The molecule has 0 heterocycles. The van der Waals surface area contributed by atoms with E-state index in [2.05, 4.69) is 0 Å². The Bertz CT molecular complexity index is 164. The number of carboxylic acids is 1. The van der Waals surface area contributed by atoms with Crippen molar-refractivity contribution in [2.24, 2.45) is 5.73 Å². The molecular formula is C6H9NO2. The van der Waals surface area contributed by atoms with E-state index in [-0.39, 0.29) is 0 Å². The topological polar surface area (TPSA) is 63.3 Å². The molecule has 1 unspecified atom stereocenters. The third-order valence-corrected chi connectivity index (χ3v) is 1.54. The van der Waals surface area contributed by atoms with Crippen molar-refractivity contribution in [3.63, 3.8) is 0 Å². The van der Waals surface area contributed by atoms with Gasteiger partial charge in [0.15, 0.2) is 0 Å². The minimum absolute atomic E-state index is 0.530. The van der Waals surface area contributed by atoms with Crippen LogP contribution >= 0.6 is 0 Å². The molecule has 3 heteroatoms. The van der Waals surface area contributed by atoms with E-state index >= 15 is 0 Å². The molecule has 3 N–H and O–H groups in total. The summed E-state index contributed by atoms with van der Waals surface area (Å²) in [7, 11) is 0. The molecule has 1 atom stereocenters. The number of hydrogen-bond acceptors (Lipinski definition) is 2. The normalized spacial score (nSPS) is 33.0. The van der Waals surface area contributed by atoms with Crippen LogP contribution in [0.25, 0.3) is 0 Å². The van der Waals surface area contributed by atoms with Crippen LogP contribution in [0.3, 0.4) is 0 Å². The Kier molecular flexibility index (Phi) is 1.29. The number of carbonyl (C=O) groups is 1. The van der Waals surface area contributed by atoms with Crippen LogP contribution in [-0.2, 0) is 4.79 Å². The van der Waals surface area contributed by atoms with Crippen molar-refractivity contribution in [1.82, 2.24) is 0 Å². The summed E-state index contributed by atoms with van der Waals surface area (Å²) in [6.45, 7) is 0. The van der Waals surface area contributed by atoms with Crippen molar-refractivity contribution in [3.8, 4) is 0 Å². The highest BCUT2D eigenvalue weighted by molar-refractivity contribution is 5.81. The zero-order valence-corrected chi connectivity index (χ0v) is 5.00. The van der Waals surface area contributed by atoms with Crippen LogP contribution in [0, 0.1) is 0 Å². The Morgan fingerprint density at radius 1 is 1.78 bits per heavy atom. The molecule has 0 amide bonds. The van der Waals surface area contributed by atoms with Crippen LogP contribution in [0.2, 0.25) is 0 Å². The molecule has 9 heavy (non-hydrogen) atoms. The van der Waals surface area contributed by atoms with E-state index in [0.29, 0.717) is 6.42 Å². The van der Waals surface area contributed by atoms with Gasteiger partial charge >= 0.3 is 5.97 Å². The zero-order chi connectivity index (χ0) is 6.91. The van der Waals surface area contributed by atoms with Gasteiger partial charge in [0, 0.05) is 0 Å². The summed E-state index contributed by atoms with van der Waals surface area (Å²) in [5, 5.41) is 8.50. The molecule has 1 aliphatic carbocycles. The van der Waals surface area contributed by atoms with E-state index in [0.717, 1.165) is 6.42 Å². The van der Waals surface area contributed by atoms with Crippen molar-refractivity contribution >= 4 is 5.97 Å². The first-order chi connectivity index (χ1) is 4.15. The molecule has 50 valence electrons. The Hall–Kier alpha value is -0.830. The Morgan fingerprint density at radius 2 is 2.44 bits per heavy atom. The minimum Gasteiger partial charge on any atom is -0.480 e. The SMILES string of the molecule is NC1(C(=O)O)C=CCC1. The number of rotatable bonds is 1. The maximum atomic E-state index is 10.3. The second-order valence-electron chi connectivity index (χ2n) is 2.29. The summed E-state index contributed by atoms with van der Waals surface area (Å²) in [5.74, 6) is -0.934. The predicted octanol–water partition coefficient (Wildman–Crippen LogP) is 0.118. The lowest BCUT2D eigenvalue weighted by Gasteiger charge is -2.13. The van der Waals surface area contributed by atoms with Crippen LogP contribution in [0.1, 0.15) is 12.8 Å². The monoisotopic (exact) mass is 127 g/mol. The number of carboxylic acid groups (broad SMARTS) is 1. The summed E-state index contributed by atoms with van der Waals surface area (Å²) < 4.78 is 0. The van der Waals surface area contributed by atoms with E-state index in [9.17, 15) is 4.79 Å². The molecule has 0 aromatic carbocycles. The van der Waals surface area contributed by atoms with Gasteiger partial charge in [0.2, 0.25) is 0 Å². The molecule has 0 saturated carbocycles. The standard InChI is InChI=1S/C6H9NO2/c7-6(5(8)9)3-1-2-4-6/h1,3H,2,4,7H2,(H,8,9). The highest BCUT2D eigenvalue weighted by atomic mass is 16.4. The average Bonchev–Trinajstić information content (AvgIpc) is 2.16. The van der Waals surface area contributed by atoms with Crippen LogP contribution in [-0.4, -0.2) is 16.6 Å². The largest absolute Gasteiger partial charge is 0.480 e. The lowest BCUT2D eigenvalue weighted by atomic mass is 10.0. The molecule has 0 fully saturated rings. The Labute approximate surface area is 53.2 Å². The maximum absolute atomic E-state index is 10.3. The van der Waals surface area contributed by atoms with Crippen LogP contribution in [0.4, 0.5) is 0 Å². The van der Waals surface area contributed by atoms with Gasteiger partial charge in [-0.2, -0.15) is 0 Å². The Balaban J connectivity index is 2.74. The molecule has 0 aromatic rings. The quantitative estimate of drug-likeness (QED) is 0.492. The predicted molar refractivity (Wildman–Crippen MR) is 32.9 cm³/mol. The fourth-order valence-electron chi connectivity index (χ4n) is 0.877. The van der Waals surface area contributed by atoms with E-state index in [1.165, 1.54) is 0 Å². The third kappa shape index (κ3) is 0.954. The summed E-state index contributed by atoms with van der Waals surface area (Å²) in [4.78, 5) is 10.3. The molecule has 3 nitrogen and oxygen atoms in total. The minimum atomic E-state index is -1.07. The van der Waals surface area contributed by atoms with Gasteiger partial charge < -0.3 is 10.8 Å². The maximum Gasteiger partial charge on any atom is 0.327 e. The van der Waals surface area contributed by atoms with Crippen molar-refractivity contribution in [1.29, 1.82) is 0 Å². The summed E-state index contributed by atoms with van der Waals surface area (Å²) in [5.41, 5.74) is 4.35. The fraction of sp³-hybridized carbons (Fsp3) is 0.500. The number of hydrogen-bond donors (Lipinski definition) is 2. The second kappa shape index (κ2) is 1.84. The first-order valence-electron chi connectivity index (χ1n) is 2.85.